The molecule has 0 saturated heterocycles. The average molecular weight is 378 g/mol. The summed E-state index contributed by atoms with van der Waals surface area (Å²) >= 11 is 1.80. The number of carbonyl (C=O) groups is 1. The lowest BCUT2D eigenvalue weighted by Crippen LogP contribution is -2.23. The minimum Gasteiger partial charge on any atom is -0.367 e. The summed E-state index contributed by atoms with van der Waals surface area (Å²) in [5.74, 6) is 0.724. The fourth-order valence-electron chi connectivity index (χ4n) is 2.86. The number of nitrogens with one attached hydrogen (secondary N) is 1. The van der Waals surface area contributed by atoms with E-state index in [2.05, 4.69) is 29.6 Å². The van der Waals surface area contributed by atoms with E-state index in [0.29, 0.717) is 0 Å². The molecule has 0 bridgehead atoms. The molecule has 0 unspecified atom stereocenters. The molecule has 138 valence electrons. The van der Waals surface area contributed by atoms with Crippen molar-refractivity contribution < 1.29 is 9.53 Å². The van der Waals surface area contributed by atoms with Gasteiger partial charge in [0.15, 0.2) is 6.10 Å². The lowest BCUT2D eigenvalue weighted by Gasteiger charge is -2.17. The minimum atomic E-state index is -0.626. The molecule has 3 rings (SSSR count). The Morgan fingerprint density at radius 1 is 1.00 bits per heavy atom. The molecule has 3 aromatic rings. The molecule has 0 fully saturated rings. The van der Waals surface area contributed by atoms with Crippen LogP contribution in [-0.4, -0.2) is 13.0 Å². The zero-order valence-electron chi connectivity index (χ0n) is 15.5. The highest BCUT2D eigenvalue weighted by Crippen LogP contribution is 2.26. The van der Waals surface area contributed by atoms with Crippen molar-refractivity contribution in [2.75, 3.05) is 12.4 Å². The van der Waals surface area contributed by atoms with Gasteiger partial charge >= 0.3 is 0 Å². The van der Waals surface area contributed by atoms with E-state index in [1.165, 1.54) is 10.5 Å². The second-order valence-electron chi connectivity index (χ2n) is 6.27. The largest absolute Gasteiger partial charge is 0.367 e. The Kier molecular flexibility index (Phi) is 6.69. The van der Waals surface area contributed by atoms with Crippen molar-refractivity contribution in [3.05, 3.63) is 95.6 Å². The summed E-state index contributed by atoms with van der Waals surface area (Å²) in [6, 6.07) is 26.0. The first-order valence-corrected chi connectivity index (χ1v) is 9.82. The van der Waals surface area contributed by atoms with Gasteiger partial charge in [0.2, 0.25) is 0 Å². The third-order valence-corrected chi connectivity index (χ3v) is 5.36. The van der Waals surface area contributed by atoms with Gasteiger partial charge in [-0.3, -0.25) is 4.79 Å². The molecule has 1 atom stereocenters. The van der Waals surface area contributed by atoms with Gasteiger partial charge in [-0.25, -0.2) is 0 Å². The predicted molar refractivity (Wildman–Crippen MR) is 112 cm³/mol. The first kappa shape index (κ1) is 19.2. The molecule has 1 amide bonds. The van der Waals surface area contributed by atoms with Crippen molar-refractivity contribution in [1.82, 2.24) is 0 Å². The fourth-order valence-corrected chi connectivity index (χ4v) is 3.72. The van der Waals surface area contributed by atoms with Gasteiger partial charge in [0.25, 0.3) is 5.91 Å². The van der Waals surface area contributed by atoms with Gasteiger partial charge in [-0.15, -0.1) is 11.8 Å². The molecule has 0 aliphatic heterocycles. The fraction of sp³-hybridized carbons (Fsp3) is 0.174. The van der Waals surface area contributed by atoms with Crippen LogP contribution in [0.15, 0.2) is 83.8 Å². The van der Waals surface area contributed by atoms with E-state index in [1.54, 1.807) is 18.9 Å². The number of hydrogen-bond acceptors (Lipinski definition) is 3. The summed E-state index contributed by atoms with van der Waals surface area (Å²) in [5, 5.41) is 2.99. The summed E-state index contributed by atoms with van der Waals surface area (Å²) in [7, 11) is 1.55. The summed E-state index contributed by atoms with van der Waals surface area (Å²) < 4.78 is 5.41. The quantitative estimate of drug-likeness (QED) is 0.544. The van der Waals surface area contributed by atoms with Gasteiger partial charge in [-0.1, -0.05) is 60.7 Å². The minimum absolute atomic E-state index is 0.168. The van der Waals surface area contributed by atoms with Crippen LogP contribution in [0.4, 0.5) is 5.69 Å². The van der Waals surface area contributed by atoms with Gasteiger partial charge < -0.3 is 10.1 Å². The number of benzene rings is 3. The zero-order valence-corrected chi connectivity index (χ0v) is 16.3. The monoisotopic (exact) mass is 377 g/mol. The molecule has 3 nitrogen and oxygen atoms in total. The summed E-state index contributed by atoms with van der Waals surface area (Å²) in [6.07, 6.45) is -0.626. The molecule has 3 aromatic carbocycles. The molecule has 0 aliphatic rings. The standard InChI is InChI=1S/C23H23NO2S/c1-17-15-18(16-27-20-11-7-4-8-12-20)13-14-21(17)24-23(25)22(26-2)19-9-5-3-6-10-19/h3-15,22H,16H2,1-2H3,(H,24,25)/t22-/m1/s1. The number of rotatable bonds is 7. The summed E-state index contributed by atoms with van der Waals surface area (Å²) in [4.78, 5) is 13.9. The van der Waals surface area contributed by atoms with Gasteiger partial charge in [-0.05, 0) is 41.8 Å². The summed E-state index contributed by atoms with van der Waals surface area (Å²) in [6.45, 7) is 2.01. The van der Waals surface area contributed by atoms with E-state index in [9.17, 15) is 4.79 Å². The van der Waals surface area contributed by atoms with Crippen molar-refractivity contribution in [2.45, 2.75) is 23.7 Å². The van der Waals surface area contributed by atoms with E-state index in [0.717, 1.165) is 22.6 Å². The molecule has 0 heterocycles. The van der Waals surface area contributed by atoms with E-state index >= 15 is 0 Å². The van der Waals surface area contributed by atoms with Crippen molar-refractivity contribution in [1.29, 1.82) is 0 Å². The lowest BCUT2D eigenvalue weighted by molar-refractivity contribution is -0.126. The van der Waals surface area contributed by atoms with Crippen molar-refractivity contribution in [3.63, 3.8) is 0 Å². The maximum absolute atomic E-state index is 12.7. The Morgan fingerprint density at radius 3 is 2.30 bits per heavy atom. The highest BCUT2D eigenvalue weighted by molar-refractivity contribution is 7.98. The highest BCUT2D eigenvalue weighted by atomic mass is 32.2. The van der Waals surface area contributed by atoms with Crippen molar-refractivity contribution in [2.24, 2.45) is 0 Å². The number of methoxy groups -OCH3 is 1. The van der Waals surface area contributed by atoms with Crippen LogP contribution in [-0.2, 0) is 15.3 Å². The first-order chi connectivity index (χ1) is 13.2. The number of anilines is 1. The molecular weight excluding hydrogens is 354 g/mol. The molecule has 0 radical (unpaired) electrons. The third-order valence-electron chi connectivity index (χ3n) is 4.27. The molecule has 0 aromatic heterocycles. The van der Waals surface area contributed by atoms with E-state index in [-0.39, 0.29) is 5.91 Å². The van der Waals surface area contributed by atoms with Gasteiger partial charge in [0.1, 0.15) is 0 Å². The number of amides is 1. The van der Waals surface area contributed by atoms with E-state index in [4.69, 9.17) is 4.74 Å². The van der Waals surface area contributed by atoms with Gasteiger partial charge in [-0.2, -0.15) is 0 Å². The SMILES string of the molecule is CO[C@@H](C(=O)Nc1ccc(CSc2ccccc2)cc1C)c1ccccc1. The Labute approximate surface area is 164 Å². The third kappa shape index (κ3) is 5.22. The van der Waals surface area contributed by atoms with Crippen LogP contribution < -0.4 is 5.32 Å². The number of aryl methyl sites for hydroxylation is 1. The van der Waals surface area contributed by atoms with E-state index in [1.807, 2.05) is 61.5 Å². The van der Waals surface area contributed by atoms with Crippen molar-refractivity contribution in [3.8, 4) is 0 Å². The van der Waals surface area contributed by atoms with Crippen LogP contribution in [0.1, 0.15) is 22.8 Å². The van der Waals surface area contributed by atoms with Crippen LogP contribution in [0.3, 0.4) is 0 Å². The number of ether oxygens (including phenoxy) is 1. The maximum atomic E-state index is 12.7. The average Bonchev–Trinajstić information content (AvgIpc) is 2.70. The Hall–Kier alpha value is -2.56. The second-order valence-corrected chi connectivity index (χ2v) is 7.32. The molecule has 0 spiro atoms. The maximum Gasteiger partial charge on any atom is 0.258 e. The zero-order chi connectivity index (χ0) is 19.1. The van der Waals surface area contributed by atoms with Gasteiger partial charge in [0.05, 0.1) is 0 Å². The topological polar surface area (TPSA) is 38.3 Å². The number of carbonyl (C=O) groups excluding carboxylic acids is 1. The summed E-state index contributed by atoms with van der Waals surface area (Å²) in [5.41, 5.74) is 3.92. The van der Waals surface area contributed by atoms with Crippen LogP contribution in [0.5, 0.6) is 0 Å². The van der Waals surface area contributed by atoms with E-state index < -0.39 is 6.10 Å². The van der Waals surface area contributed by atoms with Crippen LogP contribution in [0.2, 0.25) is 0 Å². The number of hydrogen-bond donors (Lipinski definition) is 1. The van der Waals surface area contributed by atoms with Crippen LogP contribution >= 0.6 is 11.8 Å². The lowest BCUT2D eigenvalue weighted by atomic mass is 10.1. The van der Waals surface area contributed by atoms with Gasteiger partial charge in [0, 0.05) is 23.4 Å². The Bertz CT molecular complexity index is 881. The van der Waals surface area contributed by atoms with Crippen LogP contribution in [0, 0.1) is 6.92 Å². The second kappa shape index (κ2) is 9.40. The molecule has 0 aliphatic carbocycles. The smallest absolute Gasteiger partial charge is 0.258 e. The molecule has 27 heavy (non-hydrogen) atoms. The highest BCUT2D eigenvalue weighted by Gasteiger charge is 2.20. The number of thioether (sulfide) groups is 1. The molecule has 1 N–H and O–H groups in total. The molecule has 4 heteroatoms. The Morgan fingerprint density at radius 2 is 1.67 bits per heavy atom. The normalized spacial score (nSPS) is 11.8. The van der Waals surface area contributed by atoms with Crippen LogP contribution in [0.25, 0.3) is 0 Å². The molecular formula is C23H23NO2S. The first-order valence-electron chi connectivity index (χ1n) is 8.83. The Balaban J connectivity index is 1.65. The van der Waals surface area contributed by atoms with Crippen molar-refractivity contribution >= 4 is 23.4 Å². The predicted octanol–water partition coefficient (Wildman–Crippen LogP) is 5.61. The molecule has 0 saturated carbocycles.